The van der Waals surface area contributed by atoms with Gasteiger partial charge in [0.25, 0.3) is 0 Å². The summed E-state index contributed by atoms with van der Waals surface area (Å²) in [5, 5.41) is 0. The second kappa shape index (κ2) is 5.83. The molecule has 2 rings (SSSR count). The quantitative estimate of drug-likeness (QED) is 0.817. The lowest BCUT2D eigenvalue weighted by Crippen LogP contribution is -2.42. The maximum Gasteiger partial charge on any atom is 0.215 e. The molecule has 0 amide bonds. The van der Waals surface area contributed by atoms with Gasteiger partial charge in [-0.15, -0.1) is 5.48 Å². The van der Waals surface area contributed by atoms with Crippen molar-refractivity contribution >= 4 is 5.90 Å². The number of nitrogens with one attached hydrogen (secondary N) is 1. The second-order valence-corrected chi connectivity index (χ2v) is 5.42. The molecule has 1 fully saturated rings. The van der Waals surface area contributed by atoms with Crippen LogP contribution >= 0.6 is 0 Å². The molecule has 0 radical (unpaired) electrons. The van der Waals surface area contributed by atoms with Crippen molar-refractivity contribution in [2.24, 2.45) is 10.9 Å². The molecule has 0 saturated carbocycles. The third-order valence-electron chi connectivity index (χ3n) is 3.68. The van der Waals surface area contributed by atoms with Crippen LogP contribution < -0.4 is 5.48 Å². The second-order valence-electron chi connectivity index (χ2n) is 5.42. The van der Waals surface area contributed by atoms with E-state index in [4.69, 9.17) is 4.84 Å². The molecule has 0 spiro atoms. The number of likely N-dealkylation sites (tertiary alicyclic amines) is 1. The Labute approximate surface area is 104 Å². The van der Waals surface area contributed by atoms with Gasteiger partial charge in [0.05, 0.1) is 0 Å². The summed E-state index contributed by atoms with van der Waals surface area (Å²) in [4.78, 5) is 12.7. The zero-order valence-corrected chi connectivity index (χ0v) is 11.3. The first kappa shape index (κ1) is 12.8. The van der Waals surface area contributed by atoms with Gasteiger partial charge in [-0.3, -0.25) is 0 Å². The average Bonchev–Trinajstić information content (AvgIpc) is 2.78. The lowest BCUT2D eigenvalue weighted by atomic mass is 9.97. The molecule has 0 aliphatic carbocycles. The Morgan fingerprint density at radius 3 is 3.06 bits per heavy atom. The van der Waals surface area contributed by atoms with Crippen molar-refractivity contribution in [2.75, 3.05) is 13.1 Å². The molecule has 2 atom stereocenters. The van der Waals surface area contributed by atoms with Gasteiger partial charge < -0.3 is 9.74 Å². The molecular weight excluding hydrogens is 214 g/mol. The van der Waals surface area contributed by atoms with E-state index in [0.29, 0.717) is 12.0 Å². The van der Waals surface area contributed by atoms with E-state index >= 15 is 0 Å². The Bertz CT molecular complexity index is 278. The van der Waals surface area contributed by atoms with Crippen molar-refractivity contribution in [3.8, 4) is 0 Å². The first-order valence-corrected chi connectivity index (χ1v) is 6.94. The third-order valence-corrected chi connectivity index (χ3v) is 3.68. The van der Waals surface area contributed by atoms with E-state index in [1.54, 1.807) is 0 Å². The van der Waals surface area contributed by atoms with Crippen LogP contribution in [0.15, 0.2) is 4.99 Å². The van der Waals surface area contributed by atoms with Crippen LogP contribution in [0.25, 0.3) is 0 Å². The summed E-state index contributed by atoms with van der Waals surface area (Å²) in [6.45, 7) is 9.01. The Hall–Kier alpha value is -0.610. The first-order chi connectivity index (χ1) is 8.20. The highest BCUT2D eigenvalue weighted by atomic mass is 16.7. The van der Waals surface area contributed by atoms with Crippen LogP contribution in [0.3, 0.4) is 0 Å². The van der Waals surface area contributed by atoms with Gasteiger partial charge in [-0.25, -0.2) is 4.99 Å². The lowest BCUT2D eigenvalue weighted by molar-refractivity contribution is 0.128. The van der Waals surface area contributed by atoms with Crippen molar-refractivity contribution in [2.45, 2.75) is 58.7 Å². The van der Waals surface area contributed by atoms with Crippen LogP contribution in [0.5, 0.6) is 0 Å². The number of aliphatic imine (C=N–C) groups is 1. The Morgan fingerprint density at radius 1 is 1.53 bits per heavy atom. The number of hydroxylamine groups is 1. The monoisotopic (exact) mass is 239 g/mol. The zero-order valence-electron chi connectivity index (χ0n) is 11.3. The van der Waals surface area contributed by atoms with Crippen LogP contribution in [-0.2, 0) is 4.84 Å². The minimum absolute atomic E-state index is 0.185. The molecule has 2 heterocycles. The zero-order chi connectivity index (χ0) is 12.3. The smallest absolute Gasteiger partial charge is 0.215 e. The summed E-state index contributed by atoms with van der Waals surface area (Å²) in [7, 11) is 0. The van der Waals surface area contributed by atoms with Gasteiger partial charge in [-0.05, 0) is 39.7 Å². The predicted octanol–water partition coefficient (Wildman–Crippen LogP) is 2.17. The van der Waals surface area contributed by atoms with E-state index in [9.17, 15) is 0 Å². The summed E-state index contributed by atoms with van der Waals surface area (Å²) in [6, 6.07) is 0.624. The molecule has 2 aliphatic rings. The highest BCUT2D eigenvalue weighted by molar-refractivity contribution is 5.80. The average molecular weight is 239 g/mol. The fourth-order valence-corrected chi connectivity index (χ4v) is 2.60. The largest absolute Gasteiger partial charge is 0.391 e. The van der Waals surface area contributed by atoms with Crippen LogP contribution in [0.4, 0.5) is 0 Å². The number of piperidine rings is 1. The lowest BCUT2D eigenvalue weighted by Gasteiger charge is -2.34. The van der Waals surface area contributed by atoms with E-state index in [0.717, 1.165) is 25.3 Å². The highest BCUT2D eigenvalue weighted by Crippen LogP contribution is 2.22. The van der Waals surface area contributed by atoms with Crippen molar-refractivity contribution in [1.82, 2.24) is 10.4 Å². The molecular formula is C13H25N3O. The fraction of sp³-hybridized carbons (Fsp3) is 0.923. The molecule has 1 saturated heterocycles. The topological polar surface area (TPSA) is 36.9 Å². The Balaban J connectivity index is 1.91. The molecule has 2 unspecified atom stereocenters. The van der Waals surface area contributed by atoms with Crippen LogP contribution in [0.1, 0.15) is 46.5 Å². The molecule has 0 bridgehead atoms. The number of hydrogen-bond acceptors (Lipinski definition) is 4. The third kappa shape index (κ3) is 3.19. The SMILES string of the molecule is CCCC1N=C(C2CCCN(C(C)C)C2)ON1. The van der Waals surface area contributed by atoms with Gasteiger partial charge in [-0.2, -0.15) is 0 Å². The first-order valence-electron chi connectivity index (χ1n) is 6.94. The van der Waals surface area contributed by atoms with Crippen molar-refractivity contribution in [3.63, 3.8) is 0 Å². The standard InChI is InChI=1S/C13H25N3O/c1-4-6-12-14-13(17-15-12)11-7-5-8-16(9-11)10(2)3/h10-12,15H,4-9H2,1-3H3. The van der Waals surface area contributed by atoms with Crippen LogP contribution in [-0.4, -0.2) is 36.1 Å². The van der Waals surface area contributed by atoms with Crippen molar-refractivity contribution in [1.29, 1.82) is 0 Å². The summed E-state index contributed by atoms with van der Waals surface area (Å²) in [6.07, 6.45) is 4.85. The maximum absolute atomic E-state index is 5.56. The number of nitrogens with zero attached hydrogens (tertiary/aromatic N) is 2. The summed E-state index contributed by atoms with van der Waals surface area (Å²) in [5.74, 6) is 1.43. The van der Waals surface area contributed by atoms with E-state index in [1.807, 2.05) is 0 Å². The van der Waals surface area contributed by atoms with Crippen molar-refractivity contribution in [3.05, 3.63) is 0 Å². The van der Waals surface area contributed by atoms with Gasteiger partial charge in [0.1, 0.15) is 6.17 Å². The molecule has 4 heteroatoms. The van der Waals surface area contributed by atoms with Gasteiger partial charge in [-0.1, -0.05) is 13.3 Å². The number of rotatable bonds is 4. The normalized spacial score (nSPS) is 30.5. The van der Waals surface area contributed by atoms with E-state index < -0.39 is 0 Å². The molecule has 0 aromatic heterocycles. The molecule has 1 N–H and O–H groups in total. The minimum Gasteiger partial charge on any atom is -0.391 e. The molecule has 0 aromatic rings. The molecule has 0 aromatic carbocycles. The molecule has 98 valence electrons. The fourth-order valence-electron chi connectivity index (χ4n) is 2.60. The summed E-state index contributed by atoms with van der Waals surface area (Å²) < 4.78 is 0. The van der Waals surface area contributed by atoms with Gasteiger partial charge in [0.2, 0.25) is 5.90 Å². The molecule has 17 heavy (non-hydrogen) atoms. The minimum atomic E-state index is 0.185. The predicted molar refractivity (Wildman–Crippen MR) is 69.8 cm³/mol. The Morgan fingerprint density at radius 2 is 2.35 bits per heavy atom. The summed E-state index contributed by atoms with van der Waals surface area (Å²) >= 11 is 0. The van der Waals surface area contributed by atoms with Crippen LogP contribution in [0, 0.1) is 5.92 Å². The van der Waals surface area contributed by atoms with Gasteiger partial charge >= 0.3 is 0 Å². The van der Waals surface area contributed by atoms with E-state index in [1.165, 1.54) is 19.4 Å². The Kier molecular flexibility index (Phi) is 4.40. The van der Waals surface area contributed by atoms with E-state index in [-0.39, 0.29) is 6.17 Å². The molecule has 2 aliphatic heterocycles. The van der Waals surface area contributed by atoms with Crippen molar-refractivity contribution < 1.29 is 4.84 Å². The van der Waals surface area contributed by atoms with Gasteiger partial charge in [0.15, 0.2) is 0 Å². The van der Waals surface area contributed by atoms with Crippen LogP contribution in [0.2, 0.25) is 0 Å². The number of hydrogen-bond donors (Lipinski definition) is 1. The van der Waals surface area contributed by atoms with Gasteiger partial charge in [0, 0.05) is 18.5 Å². The highest BCUT2D eigenvalue weighted by Gasteiger charge is 2.30. The maximum atomic E-state index is 5.56. The molecule has 4 nitrogen and oxygen atoms in total. The summed E-state index contributed by atoms with van der Waals surface area (Å²) in [5.41, 5.74) is 3.03. The van der Waals surface area contributed by atoms with E-state index in [2.05, 4.69) is 36.1 Å².